The molecule has 0 aliphatic heterocycles. The molecule has 2 N–H and O–H groups in total. The first-order valence-corrected chi connectivity index (χ1v) is 8.02. The smallest absolute Gasteiger partial charge is 0.00418 e. The zero-order valence-corrected chi connectivity index (χ0v) is 14.1. The van der Waals surface area contributed by atoms with Crippen LogP contribution < -0.4 is 5.73 Å². The van der Waals surface area contributed by atoms with Crippen LogP contribution in [0.3, 0.4) is 0 Å². The summed E-state index contributed by atoms with van der Waals surface area (Å²) in [6.07, 6.45) is 5.66. The van der Waals surface area contributed by atoms with Crippen LogP contribution >= 0.6 is 0 Å². The normalized spacial score (nSPS) is 25.9. The molecule has 0 radical (unpaired) electrons. The molecule has 0 atom stereocenters. The molecule has 0 aromatic rings. The van der Waals surface area contributed by atoms with Crippen LogP contribution in [0.15, 0.2) is 0 Å². The molecule has 1 fully saturated rings. The molecule has 0 aromatic carbocycles. The highest BCUT2D eigenvalue weighted by atomic mass is 15.1. The largest absolute Gasteiger partial charge is 0.330 e. The van der Waals surface area contributed by atoms with Crippen LogP contribution in [0.5, 0.6) is 0 Å². The molecule has 19 heavy (non-hydrogen) atoms. The lowest BCUT2D eigenvalue weighted by Gasteiger charge is -2.39. The van der Waals surface area contributed by atoms with E-state index in [1.165, 1.54) is 32.2 Å². The van der Waals surface area contributed by atoms with Gasteiger partial charge in [0.2, 0.25) is 0 Å². The average molecular weight is 268 g/mol. The number of hydrogen-bond acceptors (Lipinski definition) is 2. The second-order valence-electron chi connectivity index (χ2n) is 8.65. The van der Waals surface area contributed by atoms with Crippen LogP contribution in [0.4, 0.5) is 0 Å². The van der Waals surface area contributed by atoms with Crippen molar-refractivity contribution < 1.29 is 0 Å². The maximum Gasteiger partial charge on any atom is 0.00418 e. The van der Waals surface area contributed by atoms with Crippen molar-refractivity contribution in [2.24, 2.45) is 28.4 Å². The van der Waals surface area contributed by atoms with Gasteiger partial charge in [0, 0.05) is 13.1 Å². The summed E-state index contributed by atoms with van der Waals surface area (Å²) in [6, 6.07) is 0. The van der Waals surface area contributed by atoms with E-state index in [4.69, 9.17) is 5.73 Å². The van der Waals surface area contributed by atoms with Crippen molar-refractivity contribution in [1.29, 1.82) is 0 Å². The van der Waals surface area contributed by atoms with E-state index in [1.807, 2.05) is 0 Å². The Morgan fingerprint density at radius 2 is 1.53 bits per heavy atom. The van der Waals surface area contributed by atoms with Gasteiger partial charge in [0.25, 0.3) is 0 Å². The third kappa shape index (κ3) is 5.83. The van der Waals surface area contributed by atoms with Gasteiger partial charge < -0.3 is 10.6 Å². The molecule has 1 aliphatic carbocycles. The van der Waals surface area contributed by atoms with Crippen molar-refractivity contribution in [3.8, 4) is 0 Å². The lowest BCUT2D eigenvalue weighted by Crippen LogP contribution is -2.39. The predicted octanol–water partition coefficient (Wildman–Crippen LogP) is 3.76. The molecule has 1 rings (SSSR count). The molecular weight excluding hydrogens is 232 g/mol. The summed E-state index contributed by atoms with van der Waals surface area (Å²) in [5.41, 5.74) is 6.57. The van der Waals surface area contributed by atoms with E-state index in [0.29, 0.717) is 5.41 Å². The third-order valence-electron chi connectivity index (χ3n) is 4.89. The van der Waals surface area contributed by atoms with E-state index in [9.17, 15) is 0 Å². The summed E-state index contributed by atoms with van der Waals surface area (Å²) in [5, 5.41) is 0. The zero-order chi connectivity index (χ0) is 14.7. The number of hydrogen-bond donors (Lipinski definition) is 1. The molecular formula is C17H36N2. The molecule has 1 aliphatic rings. The van der Waals surface area contributed by atoms with Crippen LogP contribution in [0, 0.1) is 22.7 Å². The topological polar surface area (TPSA) is 29.3 Å². The standard InChI is InChI=1S/C17H36N2/c1-16(2,3)15-9-7-14(8-10-15)11-19(6)13-17(4,5)12-18/h14-15H,7-13,18H2,1-6H3. The summed E-state index contributed by atoms with van der Waals surface area (Å²) < 4.78 is 0. The van der Waals surface area contributed by atoms with E-state index in [2.05, 4.69) is 46.6 Å². The van der Waals surface area contributed by atoms with Crippen LogP contribution in [0.25, 0.3) is 0 Å². The van der Waals surface area contributed by atoms with Crippen molar-refractivity contribution in [2.45, 2.75) is 60.3 Å². The fourth-order valence-corrected chi connectivity index (χ4v) is 3.51. The van der Waals surface area contributed by atoms with Gasteiger partial charge >= 0.3 is 0 Å². The molecule has 1 saturated carbocycles. The molecule has 0 spiro atoms. The Morgan fingerprint density at radius 1 is 1.00 bits per heavy atom. The van der Waals surface area contributed by atoms with Crippen LogP contribution in [-0.2, 0) is 0 Å². The minimum absolute atomic E-state index is 0.247. The Morgan fingerprint density at radius 3 is 1.95 bits per heavy atom. The highest BCUT2D eigenvalue weighted by molar-refractivity contribution is 4.82. The predicted molar refractivity (Wildman–Crippen MR) is 85.2 cm³/mol. The average Bonchev–Trinajstić information content (AvgIpc) is 2.27. The highest BCUT2D eigenvalue weighted by Crippen LogP contribution is 2.39. The maximum atomic E-state index is 5.83. The van der Waals surface area contributed by atoms with Gasteiger partial charge in [0.1, 0.15) is 0 Å². The summed E-state index contributed by atoms with van der Waals surface area (Å²) in [7, 11) is 2.26. The van der Waals surface area contributed by atoms with E-state index in [-0.39, 0.29) is 5.41 Å². The first kappa shape index (κ1) is 17.0. The molecule has 114 valence electrons. The molecule has 0 saturated heterocycles. The molecule has 0 heterocycles. The lowest BCUT2D eigenvalue weighted by atomic mass is 9.70. The van der Waals surface area contributed by atoms with Gasteiger partial charge in [-0.15, -0.1) is 0 Å². The second kappa shape index (κ2) is 6.58. The minimum atomic E-state index is 0.247. The molecule has 2 heteroatoms. The minimum Gasteiger partial charge on any atom is -0.330 e. The van der Waals surface area contributed by atoms with Crippen LogP contribution in [0.1, 0.15) is 60.3 Å². The van der Waals surface area contributed by atoms with Crippen molar-refractivity contribution in [3.05, 3.63) is 0 Å². The first-order chi connectivity index (χ1) is 8.64. The van der Waals surface area contributed by atoms with E-state index >= 15 is 0 Å². The number of nitrogens with two attached hydrogens (primary N) is 1. The van der Waals surface area contributed by atoms with Crippen molar-refractivity contribution in [1.82, 2.24) is 4.90 Å². The van der Waals surface area contributed by atoms with E-state index < -0.39 is 0 Å². The van der Waals surface area contributed by atoms with Crippen LogP contribution in [-0.4, -0.2) is 31.6 Å². The maximum absolute atomic E-state index is 5.83. The fourth-order valence-electron chi connectivity index (χ4n) is 3.51. The Hall–Kier alpha value is -0.0800. The summed E-state index contributed by atoms with van der Waals surface area (Å²) in [4.78, 5) is 2.49. The highest BCUT2D eigenvalue weighted by Gasteiger charge is 2.30. The SMILES string of the molecule is CN(CC1CCC(C(C)(C)C)CC1)CC(C)(C)CN. The van der Waals surface area contributed by atoms with Crippen molar-refractivity contribution in [3.63, 3.8) is 0 Å². The molecule has 2 nitrogen and oxygen atoms in total. The monoisotopic (exact) mass is 268 g/mol. The van der Waals surface area contributed by atoms with Gasteiger partial charge in [-0.05, 0) is 61.9 Å². The Labute approximate surface area is 121 Å². The number of rotatable bonds is 5. The van der Waals surface area contributed by atoms with Gasteiger partial charge in [-0.1, -0.05) is 34.6 Å². The molecule has 0 amide bonds. The van der Waals surface area contributed by atoms with Crippen molar-refractivity contribution >= 4 is 0 Å². The van der Waals surface area contributed by atoms with Gasteiger partial charge in [0.05, 0.1) is 0 Å². The third-order valence-corrected chi connectivity index (χ3v) is 4.89. The second-order valence-corrected chi connectivity index (χ2v) is 8.65. The van der Waals surface area contributed by atoms with Gasteiger partial charge in [0.15, 0.2) is 0 Å². The van der Waals surface area contributed by atoms with Crippen LogP contribution in [0.2, 0.25) is 0 Å². The van der Waals surface area contributed by atoms with E-state index in [0.717, 1.165) is 24.9 Å². The molecule has 0 unspecified atom stereocenters. The Bertz CT molecular complexity index is 257. The summed E-state index contributed by atoms with van der Waals surface area (Å²) in [5.74, 6) is 1.83. The van der Waals surface area contributed by atoms with Crippen molar-refractivity contribution in [2.75, 3.05) is 26.7 Å². The summed E-state index contributed by atoms with van der Waals surface area (Å²) in [6.45, 7) is 14.9. The zero-order valence-electron chi connectivity index (χ0n) is 14.1. The molecule has 0 aromatic heterocycles. The summed E-state index contributed by atoms with van der Waals surface area (Å²) >= 11 is 0. The molecule has 0 bridgehead atoms. The first-order valence-electron chi connectivity index (χ1n) is 8.02. The van der Waals surface area contributed by atoms with Gasteiger partial charge in [-0.2, -0.15) is 0 Å². The Kier molecular flexibility index (Phi) is 5.88. The van der Waals surface area contributed by atoms with Gasteiger partial charge in [-0.3, -0.25) is 0 Å². The number of nitrogens with zero attached hydrogens (tertiary/aromatic N) is 1. The fraction of sp³-hybridized carbons (Fsp3) is 1.00. The Balaban J connectivity index is 2.33. The lowest BCUT2D eigenvalue weighted by molar-refractivity contribution is 0.119. The van der Waals surface area contributed by atoms with E-state index in [1.54, 1.807) is 0 Å². The quantitative estimate of drug-likeness (QED) is 0.822. The van der Waals surface area contributed by atoms with Gasteiger partial charge in [-0.25, -0.2) is 0 Å².